The lowest BCUT2D eigenvalue weighted by atomic mass is 10.2. The molecule has 1 aromatic carbocycles. The molecule has 0 aliphatic carbocycles. The molecule has 3 aliphatic rings. The van der Waals surface area contributed by atoms with Gasteiger partial charge in [0.1, 0.15) is 0 Å². The van der Waals surface area contributed by atoms with Crippen LogP contribution in [-0.4, -0.2) is 94.4 Å². The van der Waals surface area contributed by atoms with E-state index in [0.717, 1.165) is 23.7 Å². The molecule has 0 radical (unpaired) electrons. The normalized spacial score (nSPS) is 20.6. The predicted octanol–water partition coefficient (Wildman–Crippen LogP) is -0.441. The highest BCUT2D eigenvalue weighted by Gasteiger charge is 2.33. The zero-order valence-electron chi connectivity index (χ0n) is 16.6. The summed E-state index contributed by atoms with van der Waals surface area (Å²) in [6, 6.07) is 4.85. The minimum absolute atomic E-state index is 0.0686. The van der Waals surface area contributed by atoms with E-state index in [2.05, 4.69) is 4.40 Å². The molecule has 0 aromatic heterocycles. The molecule has 0 bridgehead atoms. The summed E-state index contributed by atoms with van der Waals surface area (Å²) < 4.78 is 56.7. The zero-order valence-corrected chi connectivity index (χ0v) is 19.0. The Kier molecular flexibility index (Phi) is 5.74. The first-order valence-electron chi connectivity index (χ1n) is 9.36. The quantitative estimate of drug-likeness (QED) is 0.517. The lowest BCUT2D eigenvalue weighted by molar-refractivity contribution is -0.135. The average Bonchev–Trinajstić information content (AvgIpc) is 3.06. The third-order valence-electron chi connectivity index (χ3n) is 5.10. The SMILES string of the molecule is CS(=O)(=O)N1CCN(C(=O)COC(=O)c2ccc3c(c2)SC2=NS(=O)(=O)CCN23)CC1. The number of benzene rings is 1. The number of amidine groups is 1. The van der Waals surface area contributed by atoms with Crippen LogP contribution in [0.4, 0.5) is 5.69 Å². The molecule has 31 heavy (non-hydrogen) atoms. The second-order valence-corrected chi connectivity index (χ2v) is 12.0. The monoisotopic (exact) mass is 488 g/mol. The summed E-state index contributed by atoms with van der Waals surface area (Å²) in [5, 5.41) is 0.357. The minimum Gasteiger partial charge on any atom is -0.452 e. The van der Waals surface area contributed by atoms with E-state index >= 15 is 0 Å². The topological polar surface area (TPSA) is 134 Å². The molecule has 1 fully saturated rings. The van der Waals surface area contributed by atoms with Crippen LogP contribution in [-0.2, 0) is 29.6 Å². The number of sulfonamides is 2. The highest BCUT2D eigenvalue weighted by atomic mass is 32.2. The minimum atomic E-state index is -3.47. The number of piperazine rings is 1. The second-order valence-electron chi connectivity index (χ2n) is 7.22. The highest BCUT2D eigenvalue weighted by molar-refractivity contribution is 8.15. The number of anilines is 1. The Balaban J connectivity index is 1.35. The fourth-order valence-electron chi connectivity index (χ4n) is 3.43. The third-order valence-corrected chi connectivity index (χ3v) is 8.71. The van der Waals surface area contributed by atoms with E-state index in [4.69, 9.17) is 4.74 Å². The van der Waals surface area contributed by atoms with Crippen LogP contribution in [0, 0.1) is 0 Å². The van der Waals surface area contributed by atoms with Crippen molar-refractivity contribution in [3.8, 4) is 0 Å². The fraction of sp³-hybridized carbons (Fsp3) is 0.471. The smallest absolute Gasteiger partial charge is 0.338 e. The maximum Gasteiger partial charge on any atom is 0.338 e. The average molecular weight is 489 g/mol. The number of rotatable bonds is 4. The lowest BCUT2D eigenvalue weighted by Gasteiger charge is -2.33. The lowest BCUT2D eigenvalue weighted by Crippen LogP contribution is -2.51. The Labute approximate surface area is 184 Å². The Morgan fingerprint density at radius 2 is 1.87 bits per heavy atom. The Morgan fingerprint density at radius 1 is 1.16 bits per heavy atom. The number of fused-ring (bicyclic) bond motifs is 3. The van der Waals surface area contributed by atoms with Crippen molar-refractivity contribution >= 4 is 54.5 Å². The largest absolute Gasteiger partial charge is 0.452 e. The number of thioether (sulfide) groups is 1. The summed E-state index contributed by atoms with van der Waals surface area (Å²) in [5.74, 6) is -1.14. The maximum absolute atomic E-state index is 12.4. The number of ether oxygens (including phenoxy) is 1. The van der Waals surface area contributed by atoms with E-state index in [1.165, 1.54) is 9.21 Å². The van der Waals surface area contributed by atoms with Crippen molar-refractivity contribution in [3.63, 3.8) is 0 Å². The molecule has 168 valence electrons. The van der Waals surface area contributed by atoms with E-state index in [1.54, 1.807) is 23.1 Å². The fourth-order valence-corrected chi connectivity index (χ4v) is 6.55. The second kappa shape index (κ2) is 8.07. The van der Waals surface area contributed by atoms with Crippen LogP contribution in [0.2, 0.25) is 0 Å². The predicted molar refractivity (Wildman–Crippen MR) is 114 cm³/mol. The van der Waals surface area contributed by atoms with Gasteiger partial charge in [0.2, 0.25) is 10.0 Å². The van der Waals surface area contributed by atoms with Gasteiger partial charge in [0.25, 0.3) is 15.9 Å². The van der Waals surface area contributed by atoms with Crippen LogP contribution in [0.25, 0.3) is 0 Å². The molecule has 3 aliphatic heterocycles. The highest BCUT2D eigenvalue weighted by Crippen LogP contribution is 2.42. The Bertz CT molecular complexity index is 1170. The molecule has 0 saturated carbocycles. The van der Waals surface area contributed by atoms with Crippen LogP contribution in [0.3, 0.4) is 0 Å². The summed E-state index contributed by atoms with van der Waals surface area (Å²) in [4.78, 5) is 28.6. The number of hydrogen-bond donors (Lipinski definition) is 0. The summed E-state index contributed by atoms with van der Waals surface area (Å²) in [6.07, 6.45) is 1.12. The van der Waals surface area contributed by atoms with Gasteiger partial charge in [0.15, 0.2) is 11.8 Å². The van der Waals surface area contributed by atoms with Crippen molar-refractivity contribution in [1.82, 2.24) is 9.21 Å². The summed E-state index contributed by atoms with van der Waals surface area (Å²) in [6.45, 7) is 0.734. The van der Waals surface area contributed by atoms with Crippen LogP contribution in [0.15, 0.2) is 27.5 Å². The van der Waals surface area contributed by atoms with Gasteiger partial charge in [-0.2, -0.15) is 4.31 Å². The summed E-state index contributed by atoms with van der Waals surface area (Å²) in [7, 11) is -6.76. The first-order valence-corrected chi connectivity index (χ1v) is 13.6. The molecule has 0 atom stereocenters. The molecule has 1 saturated heterocycles. The van der Waals surface area contributed by atoms with Crippen molar-refractivity contribution in [3.05, 3.63) is 23.8 Å². The van der Waals surface area contributed by atoms with Crippen LogP contribution in [0.5, 0.6) is 0 Å². The van der Waals surface area contributed by atoms with Crippen LogP contribution < -0.4 is 4.90 Å². The summed E-state index contributed by atoms with van der Waals surface area (Å²) >= 11 is 1.16. The summed E-state index contributed by atoms with van der Waals surface area (Å²) in [5.41, 5.74) is 1.01. The van der Waals surface area contributed by atoms with E-state index in [0.29, 0.717) is 16.6 Å². The van der Waals surface area contributed by atoms with Crippen molar-refractivity contribution in [2.45, 2.75) is 4.90 Å². The Hall–Kier alpha value is -2.16. The molecule has 0 spiro atoms. The van der Waals surface area contributed by atoms with Crippen molar-refractivity contribution in [2.24, 2.45) is 4.40 Å². The standard InChI is InChI=1S/C17H20N4O7S3/c1-30(24,25)20-6-4-19(5-7-20)15(22)11-28-16(23)12-2-3-13-14(10-12)29-17-18-31(26,27)9-8-21(13)17/h2-3,10H,4-9,11H2,1H3. The van der Waals surface area contributed by atoms with E-state index in [-0.39, 0.29) is 37.5 Å². The zero-order chi connectivity index (χ0) is 22.4. The number of hydrogen-bond acceptors (Lipinski definition) is 9. The van der Waals surface area contributed by atoms with E-state index in [9.17, 15) is 26.4 Å². The Morgan fingerprint density at radius 3 is 2.55 bits per heavy atom. The van der Waals surface area contributed by atoms with Gasteiger partial charge in [0.05, 0.1) is 23.3 Å². The maximum atomic E-state index is 12.4. The number of carbonyl (C=O) groups is 2. The molecular weight excluding hydrogens is 468 g/mol. The van der Waals surface area contributed by atoms with Gasteiger partial charge in [-0.25, -0.2) is 21.6 Å². The van der Waals surface area contributed by atoms with Gasteiger partial charge in [0, 0.05) is 37.6 Å². The molecule has 11 nitrogen and oxygen atoms in total. The molecule has 3 heterocycles. The van der Waals surface area contributed by atoms with E-state index < -0.39 is 38.5 Å². The van der Waals surface area contributed by atoms with Gasteiger partial charge < -0.3 is 14.5 Å². The third kappa shape index (κ3) is 4.71. The van der Waals surface area contributed by atoms with Crippen molar-refractivity contribution < 1.29 is 31.2 Å². The van der Waals surface area contributed by atoms with E-state index in [1.807, 2.05) is 0 Å². The number of nitrogens with zero attached hydrogens (tertiary/aromatic N) is 4. The molecule has 4 rings (SSSR count). The van der Waals surface area contributed by atoms with Crippen LogP contribution in [0.1, 0.15) is 10.4 Å². The van der Waals surface area contributed by atoms with Gasteiger partial charge in [-0.3, -0.25) is 4.79 Å². The van der Waals surface area contributed by atoms with Crippen LogP contribution >= 0.6 is 11.8 Å². The first kappa shape index (κ1) is 22.0. The number of amides is 1. The molecule has 14 heteroatoms. The first-order chi connectivity index (χ1) is 14.5. The van der Waals surface area contributed by atoms with Gasteiger partial charge in [-0.15, -0.1) is 4.40 Å². The number of esters is 1. The molecule has 1 aromatic rings. The molecular formula is C17H20N4O7S3. The van der Waals surface area contributed by atoms with Gasteiger partial charge >= 0.3 is 5.97 Å². The number of carbonyl (C=O) groups excluding carboxylic acids is 2. The van der Waals surface area contributed by atoms with Gasteiger partial charge in [-0.05, 0) is 30.0 Å². The van der Waals surface area contributed by atoms with Crippen molar-refractivity contribution in [2.75, 3.05) is 56.2 Å². The van der Waals surface area contributed by atoms with Crippen molar-refractivity contribution in [1.29, 1.82) is 0 Å². The van der Waals surface area contributed by atoms with Gasteiger partial charge in [-0.1, -0.05) is 0 Å². The molecule has 0 unspecified atom stereocenters. The molecule has 1 amide bonds. The molecule has 0 N–H and O–H groups in total.